The van der Waals surface area contributed by atoms with Crippen molar-refractivity contribution in [2.75, 3.05) is 31.1 Å². The van der Waals surface area contributed by atoms with Crippen molar-refractivity contribution < 1.29 is 14.3 Å². The maximum absolute atomic E-state index is 11.8. The van der Waals surface area contributed by atoms with Crippen molar-refractivity contribution in [3.63, 3.8) is 0 Å². The van der Waals surface area contributed by atoms with Crippen LogP contribution in [0.5, 0.6) is 0 Å². The van der Waals surface area contributed by atoms with Crippen LogP contribution in [0.3, 0.4) is 0 Å². The molecule has 0 saturated carbocycles. The summed E-state index contributed by atoms with van der Waals surface area (Å²) in [6, 6.07) is 3.88. The summed E-state index contributed by atoms with van der Waals surface area (Å²) in [7, 11) is 0. The Morgan fingerprint density at radius 1 is 1.11 bits per heavy atom. The first-order chi connectivity index (χ1) is 13.2. The number of aromatic nitrogens is 1. The Balaban J connectivity index is 1.50. The molecule has 2 amide bonds. The molecular weight excluding hydrogens is 344 g/mol. The molecule has 1 fully saturated rings. The predicted octanol–water partition coefficient (Wildman–Crippen LogP) is 2.99. The van der Waals surface area contributed by atoms with Crippen LogP contribution in [-0.2, 0) is 16.1 Å². The molecule has 0 atom stereocenters. The van der Waals surface area contributed by atoms with Gasteiger partial charge < -0.3 is 20.3 Å². The van der Waals surface area contributed by atoms with E-state index in [2.05, 4.69) is 20.5 Å². The molecule has 0 aromatic carbocycles. The number of anilines is 1. The van der Waals surface area contributed by atoms with Gasteiger partial charge in [-0.1, -0.05) is 18.9 Å². The Kier molecular flexibility index (Phi) is 9.44. The summed E-state index contributed by atoms with van der Waals surface area (Å²) in [6.45, 7) is 5.52. The predicted molar refractivity (Wildman–Crippen MR) is 106 cm³/mol. The number of carbonyl (C=O) groups excluding carboxylic acids is 2. The van der Waals surface area contributed by atoms with Crippen LogP contribution in [0.1, 0.15) is 57.4 Å². The van der Waals surface area contributed by atoms with Gasteiger partial charge in [-0.05, 0) is 44.2 Å². The third-order valence-electron chi connectivity index (χ3n) is 4.59. The average Bonchev–Trinajstić information content (AvgIpc) is 3.21. The van der Waals surface area contributed by atoms with Gasteiger partial charge in [0.25, 0.3) is 0 Å². The highest BCUT2D eigenvalue weighted by molar-refractivity contribution is 5.73. The van der Waals surface area contributed by atoms with Gasteiger partial charge in [0.15, 0.2) is 0 Å². The minimum atomic E-state index is -0.162. The molecule has 1 aliphatic heterocycles. The largest absolute Gasteiger partial charge is 0.466 e. The van der Waals surface area contributed by atoms with Crippen molar-refractivity contribution in [1.82, 2.24) is 15.6 Å². The van der Waals surface area contributed by atoms with Crippen LogP contribution < -0.4 is 15.5 Å². The molecule has 2 heterocycles. The maximum atomic E-state index is 11.8. The van der Waals surface area contributed by atoms with Crippen molar-refractivity contribution in [3.8, 4) is 0 Å². The van der Waals surface area contributed by atoms with Gasteiger partial charge in [0.05, 0.1) is 6.61 Å². The lowest BCUT2D eigenvalue weighted by Gasteiger charge is -2.16. The second kappa shape index (κ2) is 12.1. The SMILES string of the molecule is CCOC(=O)CCCCCCNC(=O)NCc1ccc(N2CCCC2)nc1. The maximum Gasteiger partial charge on any atom is 0.315 e. The first kappa shape index (κ1) is 21.0. The molecule has 2 rings (SSSR count). The number of rotatable bonds is 11. The zero-order valence-corrected chi connectivity index (χ0v) is 16.3. The molecule has 150 valence electrons. The first-order valence-corrected chi connectivity index (χ1v) is 10.1. The second-order valence-corrected chi connectivity index (χ2v) is 6.80. The van der Waals surface area contributed by atoms with Crippen LogP contribution in [-0.4, -0.2) is 43.2 Å². The number of ether oxygens (including phenoxy) is 1. The van der Waals surface area contributed by atoms with E-state index in [4.69, 9.17) is 4.74 Å². The van der Waals surface area contributed by atoms with Gasteiger partial charge in [-0.25, -0.2) is 9.78 Å². The van der Waals surface area contributed by atoms with Crippen molar-refractivity contribution in [2.24, 2.45) is 0 Å². The van der Waals surface area contributed by atoms with Gasteiger partial charge in [-0.2, -0.15) is 0 Å². The fraction of sp³-hybridized carbons (Fsp3) is 0.650. The van der Waals surface area contributed by atoms with E-state index < -0.39 is 0 Å². The molecule has 2 N–H and O–H groups in total. The summed E-state index contributed by atoms with van der Waals surface area (Å²) in [5, 5.41) is 5.71. The van der Waals surface area contributed by atoms with Gasteiger partial charge in [-0.15, -0.1) is 0 Å². The van der Waals surface area contributed by atoms with E-state index in [-0.39, 0.29) is 12.0 Å². The Bertz CT molecular complexity index is 571. The lowest BCUT2D eigenvalue weighted by molar-refractivity contribution is -0.143. The van der Waals surface area contributed by atoms with Crippen molar-refractivity contribution >= 4 is 17.8 Å². The summed E-state index contributed by atoms with van der Waals surface area (Å²) in [5.74, 6) is 0.890. The molecule has 7 nitrogen and oxygen atoms in total. The number of nitrogens with one attached hydrogen (secondary N) is 2. The number of urea groups is 1. The van der Waals surface area contributed by atoms with Crippen LogP contribution in [0.2, 0.25) is 0 Å². The number of hydrogen-bond donors (Lipinski definition) is 2. The summed E-state index contributed by atoms with van der Waals surface area (Å²) in [6.07, 6.45) is 8.48. The van der Waals surface area contributed by atoms with Gasteiger partial charge >= 0.3 is 12.0 Å². The number of hydrogen-bond acceptors (Lipinski definition) is 5. The van der Waals surface area contributed by atoms with Crippen LogP contribution in [0.25, 0.3) is 0 Å². The van der Waals surface area contributed by atoms with Crippen molar-refractivity contribution in [1.29, 1.82) is 0 Å². The Hall–Kier alpha value is -2.31. The van der Waals surface area contributed by atoms with E-state index in [1.165, 1.54) is 12.8 Å². The number of carbonyl (C=O) groups is 2. The minimum Gasteiger partial charge on any atom is -0.466 e. The number of amides is 2. The van der Waals surface area contributed by atoms with E-state index in [0.29, 0.717) is 26.1 Å². The third-order valence-corrected chi connectivity index (χ3v) is 4.59. The fourth-order valence-electron chi connectivity index (χ4n) is 3.08. The number of esters is 1. The Labute approximate surface area is 161 Å². The molecule has 0 aliphatic carbocycles. The van der Waals surface area contributed by atoms with Crippen molar-refractivity contribution in [3.05, 3.63) is 23.9 Å². The van der Waals surface area contributed by atoms with E-state index in [1.807, 2.05) is 25.3 Å². The second-order valence-electron chi connectivity index (χ2n) is 6.80. The molecular formula is C20H32N4O3. The van der Waals surface area contributed by atoms with Crippen molar-refractivity contribution in [2.45, 2.75) is 58.4 Å². The number of nitrogens with zero attached hydrogens (tertiary/aromatic N) is 2. The monoisotopic (exact) mass is 376 g/mol. The molecule has 1 saturated heterocycles. The summed E-state index contributed by atoms with van der Waals surface area (Å²) >= 11 is 0. The van der Waals surface area contributed by atoms with Gasteiger partial charge in [0.2, 0.25) is 0 Å². The van der Waals surface area contributed by atoms with Crippen LogP contribution >= 0.6 is 0 Å². The molecule has 0 radical (unpaired) electrons. The summed E-state index contributed by atoms with van der Waals surface area (Å²) < 4.78 is 4.89. The zero-order valence-electron chi connectivity index (χ0n) is 16.3. The Morgan fingerprint density at radius 3 is 2.59 bits per heavy atom. The van der Waals surface area contributed by atoms with E-state index in [9.17, 15) is 9.59 Å². The van der Waals surface area contributed by atoms with E-state index in [1.54, 1.807) is 0 Å². The van der Waals surface area contributed by atoms with E-state index >= 15 is 0 Å². The molecule has 0 unspecified atom stereocenters. The van der Waals surface area contributed by atoms with Crippen LogP contribution in [0.4, 0.5) is 10.6 Å². The minimum absolute atomic E-state index is 0.127. The van der Waals surface area contributed by atoms with Gasteiger partial charge in [-0.3, -0.25) is 4.79 Å². The summed E-state index contributed by atoms with van der Waals surface area (Å²) in [4.78, 5) is 29.8. The standard InChI is InChI=1S/C20H32N4O3/c1-2-27-19(25)9-5-3-4-6-12-21-20(26)23-16-17-10-11-18(22-15-17)24-13-7-8-14-24/h10-11,15H,2-9,12-14,16H2,1H3,(H2,21,23,26). The highest BCUT2D eigenvalue weighted by Gasteiger charge is 2.13. The lowest BCUT2D eigenvalue weighted by atomic mass is 10.1. The first-order valence-electron chi connectivity index (χ1n) is 10.1. The van der Waals surface area contributed by atoms with Crippen LogP contribution in [0.15, 0.2) is 18.3 Å². The Morgan fingerprint density at radius 2 is 1.89 bits per heavy atom. The van der Waals surface area contributed by atoms with Gasteiger partial charge in [0, 0.05) is 38.8 Å². The highest BCUT2D eigenvalue weighted by Crippen LogP contribution is 2.17. The smallest absolute Gasteiger partial charge is 0.315 e. The summed E-state index contributed by atoms with van der Waals surface area (Å²) in [5.41, 5.74) is 0.993. The molecule has 27 heavy (non-hydrogen) atoms. The molecule has 7 heteroatoms. The van der Waals surface area contributed by atoms with E-state index in [0.717, 1.165) is 50.2 Å². The third kappa shape index (κ3) is 8.28. The highest BCUT2D eigenvalue weighted by atomic mass is 16.5. The molecule has 0 bridgehead atoms. The molecule has 1 aromatic heterocycles. The van der Waals surface area contributed by atoms with Crippen LogP contribution in [0, 0.1) is 0 Å². The molecule has 1 aromatic rings. The fourth-order valence-corrected chi connectivity index (χ4v) is 3.08. The molecule has 0 spiro atoms. The van der Waals surface area contributed by atoms with Gasteiger partial charge in [0.1, 0.15) is 5.82 Å². The average molecular weight is 377 g/mol. The zero-order chi connectivity index (χ0) is 19.3. The lowest BCUT2D eigenvalue weighted by Crippen LogP contribution is -2.35. The molecule has 1 aliphatic rings. The number of unbranched alkanes of at least 4 members (excludes halogenated alkanes) is 3. The topological polar surface area (TPSA) is 83.6 Å². The quantitative estimate of drug-likeness (QED) is 0.458. The normalized spacial score (nSPS) is 13.4. The number of pyridine rings is 1.